The largest absolute Gasteiger partial charge is 0.375 e. The standard InChI is InChI=1S/C15H14N2O2/c1-17-13-5-3-2-4-12(13)15(19,14(17)18)10-11-6-8-16-9-7-11/h2-9,19H,10H2,1H3/t15-/m1/s1. The summed E-state index contributed by atoms with van der Waals surface area (Å²) in [4.78, 5) is 17.8. The highest BCUT2D eigenvalue weighted by Gasteiger charge is 2.48. The Bertz CT molecular complexity index is 627. The molecule has 1 amide bonds. The zero-order valence-electron chi connectivity index (χ0n) is 10.6. The third kappa shape index (κ3) is 1.72. The van der Waals surface area contributed by atoms with Crippen LogP contribution in [-0.2, 0) is 16.8 Å². The van der Waals surface area contributed by atoms with E-state index in [9.17, 15) is 9.90 Å². The number of likely N-dealkylation sites (N-methyl/N-ethyl adjacent to an activating group) is 1. The van der Waals surface area contributed by atoms with E-state index in [4.69, 9.17) is 0 Å². The average Bonchev–Trinajstić information content (AvgIpc) is 2.63. The van der Waals surface area contributed by atoms with Gasteiger partial charge in [0.05, 0.1) is 5.69 Å². The smallest absolute Gasteiger partial charge is 0.263 e. The third-order valence-corrected chi connectivity index (χ3v) is 3.58. The number of carbonyl (C=O) groups is 1. The summed E-state index contributed by atoms with van der Waals surface area (Å²) in [5, 5.41) is 10.8. The van der Waals surface area contributed by atoms with Gasteiger partial charge in [-0.05, 0) is 23.8 Å². The van der Waals surface area contributed by atoms with Gasteiger partial charge in [-0.3, -0.25) is 9.78 Å². The predicted octanol–water partition coefficient (Wildman–Crippen LogP) is 1.49. The summed E-state index contributed by atoms with van der Waals surface area (Å²) in [5.41, 5.74) is 0.839. The van der Waals surface area contributed by atoms with Crippen molar-refractivity contribution in [2.45, 2.75) is 12.0 Å². The van der Waals surface area contributed by atoms with Gasteiger partial charge < -0.3 is 10.0 Å². The maximum absolute atomic E-state index is 12.3. The monoisotopic (exact) mass is 254 g/mol. The zero-order valence-corrected chi connectivity index (χ0v) is 10.6. The number of amides is 1. The molecule has 1 aromatic carbocycles. The lowest BCUT2D eigenvalue weighted by Crippen LogP contribution is -2.40. The second-order valence-corrected chi connectivity index (χ2v) is 4.77. The summed E-state index contributed by atoms with van der Waals surface area (Å²) >= 11 is 0. The van der Waals surface area contributed by atoms with Crippen LogP contribution in [0.1, 0.15) is 11.1 Å². The quantitative estimate of drug-likeness (QED) is 0.883. The van der Waals surface area contributed by atoms with E-state index in [1.165, 1.54) is 4.90 Å². The summed E-state index contributed by atoms with van der Waals surface area (Å²) in [7, 11) is 1.69. The van der Waals surface area contributed by atoms with Gasteiger partial charge in [0.15, 0.2) is 5.60 Å². The first-order valence-corrected chi connectivity index (χ1v) is 6.12. The number of hydrogen-bond donors (Lipinski definition) is 1. The molecule has 1 atom stereocenters. The Labute approximate surface area is 111 Å². The first-order chi connectivity index (χ1) is 9.13. The fourth-order valence-electron chi connectivity index (χ4n) is 2.58. The van der Waals surface area contributed by atoms with Crippen molar-refractivity contribution >= 4 is 11.6 Å². The normalized spacial score (nSPS) is 21.6. The van der Waals surface area contributed by atoms with Crippen molar-refractivity contribution in [2.75, 3.05) is 11.9 Å². The van der Waals surface area contributed by atoms with E-state index in [2.05, 4.69) is 4.98 Å². The summed E-state index contributed by atoms with van der Waals surface area (Å²) in [6.07, 6.45) is 3.58. The Morgan fingerprint density at radius 2 is 1.89 bits per heavy atom. The molecule has 2 heterocycles. The van der Waals surface area contributed by atoms with Gasteiger partial charge in [0, 0.05) is 31.4 Å². The fourth-order valence-corrected chi connectivity index (χ4v) is 2.58. The number of anilines is 1. The number of hydrogen-bond acceptors (Lipinski definition) is 3. The molecule has 2 aromatic rings. The maximum atomic E-state index is 12.3. The van der Waals surface area contributed by atoms with E-state index in [0.29, 0.717) is 5.56 Å². The van der Waals surface area contributed by atoms with E-state index < -0.39 is 5.60 Å². The zero-order chi connectivity index (χ0) is 13.5. The first-order valence-electron chi connectivity index (χ1n) is 6.12. The van der Waals surface area contributed by atoms with Crippen molar-refractivity contribution in [2.24, 2.45) is 0 Å². The van der Waals surface area contributed by atoms with Crippen LogP contribution >= 0.6 is 0 Å². The Morgan fingerprint density at radius 1 is 1.21 bits per heavy atom. The van der Waals surface area contributed by atoms with E-state index in [1.54, 1.807) is 25.5 Å². The van der Waals surface area contributed by atoms with E-state index in [-0.39, 0.29) is 12.3 Å². The molecule has 1 N–H and O–H groups in total. The van der Waals surface area contributed by atoms with Crippen LogP contribution in [0.5, 0.6) is 0 Å². The molecule has 0 unspecified atom stereocenters. The van der Waals surface area contributed by atoms with Crippen LogP contribution in [0.4, 0.5) is 5.69 Å². The second-order valence-electron chi connectivity index (χ2n) is 4.77. The Kier molecular flexibility index (Phi) is 2.61. The lowest BCUT2D eigenvalue weighted by molar-refractivity contribution is -0.135. The SMILES string of the molecule is CN1C(=O)[C@@](O)(Cc2ccncc2)c2ccccc21. The fraction of sp³-hybridized carbons (Fsp3) is 0.200. The van der Waals surface area contributed by atoms with Crippen LogP contribution in [0.2, 0.25) is 0 Å². The molecule has 0 spiro atoms. The molecule has 0 fully saturated rings. The Hall–Kier alpha value is -2.20. The molecule has 96 valence electrons. The predicted molar refractivity (Wildman–Crippen MR) is 71.7 cm³/mol. The number of nitrogens with zero attached hydrogens (tertiary/aromatic N) is 2. The molecular formula is C15H14N2O2. The highest BCUT2D eigenvalue weighted by atomic mass is 16.3. The van der Waals surface area contributed by atoms with Gasteiger partial charge >= 0.3 is 0 Å². The van der Waals surface area contributed by atoms with Crippen molar-refractivity contribution in [3.8, 4) is 0 Å². The molecule has 0 saturated carbocycles. The minimum absolute atomic E-state index is 0.260. The Morgan fingerprint density at radius 3 is 2.63 bits per heavy atom. The minimum atomic E-state index is -1.48. The molecule has 19 heavy (non-hydrogen) atoms. The first kappa shape index (κ1) is 11.9. The van der Waals surface area contributed by atoms with E-state index in [0.717, 1.165) is 11.3 Å². The molecule has 0 saturated heterocycles. The van der Waals surface area contributed by atoms with Gasteiger partial charge in [-0.25, -0.2) is 0 Å². The van der Waals surface area contributed by atoms with Crippen LogP contribution < -0.4 is 4.90 Å². The van der Waals surface area contributed by atoms with Gasteiger partial charge in [0.25, 0.3) is 5.91 Å². The Balaban J connectivity index is 2.06. The lowest BCUT2D eigenvalue weighted by Gasteiger charge is -2.21. The molecule has 4 nitrogen and oxygen atoms in total. The molecule has 4 heteroatoms. The minimum Gasteiger partial charge on any atom is -0.375 e. The third-order valence-electron chi connectivity index (χ3n) is 3.58. The van der Waals surface area contributed by atoms with Crippen LogP contribution in [0.3, 0.4) is 0 Å². The summed E-state index contributed by atoms with van der Waals surface area (Å²) in [6, 6.07) is 11.0. The van der Waals surface area contributed by atoms with Crippen molar-refractivity contribution in [1.82, 2.24) is 4.98 Å². The van der Waals surface area contributed by atoms with Crippen molar-refractivity contribution < 1.29 is 9.90 Å². The molecule has 1 aliphatic rings. The summed E-state index contributed by atoms with van der Waals surface area (Å²) in [6.45, 7) is 0. The number of aliphatic hydroxyl groups is 1. The average molecular weight is 254 g/mol. The lowest BCUT2D eigenvalue weighted by atomic mass is 9.89. The number of aromatic nitrogens is 1. The van der Waals surface area contributed by atoms with Crippen LogP contribution in [0.25, 0.3) is 0 Å². The highest BCUT2D eigenvalue weighted by Crippen LogP contribution is 2.41. The van der Waals surface area contributed by atoms with Crippen molar-refractivity contribution in [3.63, 3.8) is 0 Å². The van der Waals surface area contributed by atoms with Gasteiger partial charge in [-0.2, -0.15) is 0 Å². The molecule has 1 aliphatic heterocycles. The number of pyridine rings is 1. The van der Waals surface area contributed by atoms with Crippen LogP contribution in [0, 0.1) is 0 Å². The van der Waals surface area contributed by atoms with Gasteiger partial charge in [0.1, 0.15) is 0 Å². The molecular weight excluding hydrogens is 240 g/mol. The van der Waals surface area contributed by atoms with Crippen LogP contribution in [0.15, 0.2) is 48.8 Å². The number of fused-ring (bicyclic) bond motifs is 1. The number of rotatable bonds is 2. The summed E-state index contributed by atoms with van der Waals surface area (Å²) < 4.78 is 0. The van der Waals surface area contributed by atoms with E-state index >= 15 is 0 Å². The molecule has 3 rings (SSSR count). The maximum Gasteiger partial charge on any atom is 0.263 e. The molecule has 0 aliphatic carbocycles. The molecule has 0 radical (unpaired) electrons. The van der Waals surface area contributed by atoms with Gasteiger partial charge in [-0.15, -0.1) is 0 Å². The number of carbonyl (C=O) groups excluding carboxylic acids is 1. The van der Waals surface area contributed by atoms with Crippen molar-refractivity contribution in [1.29, 1.82) is 0 Å². The van der Waals surface area contributed by atoms with Crippen molar-refractivity contribution in [3.05, 3.63) is 59.9 Å². The topological polar surface area (TPSA) is 53.4 Å². The second kappa shape index (κ2) is 4.17. The van der Waals surface area contributed by atoms with Crippen LogP contribution in [-0.4, -0.2) is 23.0 Å². The number of para-hydroxylation sites is 1. The van der Waals surface area contributed by atoms with Gasteiger partial charge in [-0.1, -0.05) is 18.2 Å². The highest BCUT2D eigenvalue weighted by molar-refractivity contribution is 6.06. The van der Waals surface area contributed by atoms with E-state index in [1.807, 2.05) is 30.3 Å². The number of benzene rings is 1. The summed E-state index contributed by atoms with van der Waals surface area (Å²) in [5.74, 6) is -0.287. The van der Waals surface area contributed by atoms with Gasteiger partial charge in [0.2, 0.25) is 0 Å². The molecule has 1 aromatic heterocycles. The molecule has 0 bridgehead atoms.